The van der Waals surface area contributed by atoms with Gasteiger partial charge in [-0.25, -0.2) is 14.7 Å². The fourth-order valence-corrected chi connectivity index (χ4v) is 4.06. The zero-order valence-corrected chi connectivity index (χ0v) is 13.1. The van der Waals surface area contributed by atoms with Crippen molar-refractivity contribution in [2.45, 2.75) is 37.6 Å². The summed E-state index contributed by atoms with van der Waals surface area (Å²) in [5.74, 6) is -0.511. The molecule has 1 spiro atoms. The average Bonchev–Trinajstić information content (AvgIpc) is 2.91. The van der Waals surface area contributed by atoms with Crippen molar-refractivity contribution < 1.29 is 14.7 Å². The molecular weight excluding hydrogens is 320 g/mol. The van der Waals surface area contributed by atoms with Gasteiger partial charge >= 0.3 is 6.09 Å². The highest BCUT2D eigenvalue weighted by atomic mass is 35.5. The molecular formula is C15H15ClN4O3. The number of carbonyl (C=O) groups is 2. The third kappa shape index (κ3) is 2.03. The molecule has 1 fully saturated rings. The number of hydrogen-bond acceptors (Lipinski definition) is 4. The lowest BCUT2D eigenvalue weighted by Gasteiger charge is -2.45. The molecule has 4 rings (SSSR count). The van der Waals surface area contributed by atoms with Crippen LogP contribution in [0.15, 0.2) is 12.3 Å². The monoisotopic (exact) mass is 334 g/mol. The molecule has 0 radical (unpaired) electrons. The highest BCUT2D eigenvalue weighted by Crippen LogP contribution is 2.42. The van der Waals surface area contributed by atoms with E-state index >= 15 is 0 Å². The van der Waals surface area contributed by atoms with Gasteiger partial charge in [-0.3, -0.25) is 4.79 Å². The van der Waals surface area contributed by atoms with Gasteiger partial charge in [0, 0.05) is 11.6 Å². The summed E-state index contributed by atoms with van der Waals surface area (Å²) < 4.78 is 1.91. The van der Waals surface area contributed by atoms with Crippen molar-refractivity contribution in [1.29, 1.82) is 0 Å². The highest BCUT2D eigenvalue weighted by Gasteiger charge is 2.46. The van der Waals surface area contributed by atoms with Gasteiger partial charge in [0.15, 0.2) is 0 Å². The first kappa shape index (κ1) is 14.4. The second kappa shape index (κ2) is 4.92. The maximum absolute atomic E-state index is 12.6. The van der Waals surface area contributed by atoms with Crippen molar-refractivity contribution in [3.8, 4) is 0 Å². The number of nitrogens with zero attached hydrogens (tertiary/aromatic N) is 4. The zero-order chi connectivity index (χ0) is 16.2. The third-order valence-corrected chi connectivity index (χ3v) is 5.10. The molecule has 120 valence electrons. The standard InChI is InChI=1S/C15H15ClN4O3/c16-13-17-7-9-6-10-12(21)19(14(22)23)8-15(4-2-1-3-5-15)20(10)11(9)18-13/h6-7H,1-5,8H2,(H,22,23). The van der Waals surface area contributed by atoms with Crippen molar-refractivity contribution >= 4 is 34.6 Å². The zero-order valence-electron chi connectivity index (χ0n) is 12.3. The van der Waals surface area contributed by atoms with E-state index < -0.39 is 17.5 Å². The molecule has 2 aliphatic rings. The van der Waals surface area contributed by atoms with Crippen LogP contribution in [0.5, 0.6) is 0 Å². The summed E-state index contributed by atoms with van der Waals surface area (Å²) >= 11 is 5.94. The Morgan fingerprint density at radius 3 is 2.74 bits per heavy atom. The van der Waals surface area contributed by atoms with Crippen molar-refractivity contribution in [2.75, 3.05) is 6.54 Å². The van der Waals surface area contributed by atoms with Gasteiger partial charge in [0.2, 0.25) is 5.28 Å². The van der Waals surface area contributed by atoms with E-state index in [0.29, 0.717) is 16.7 Å². The quantitative estimate of drug-likeness (QED) is 0.748. The Hall–Kier alpha value is -2.15. The molecule has 8 heteroatoms. The first-order chi connectivity index (χ1) is 11.0. The maximum Gasteiger partial charge on any atom is 0.414 e. The van der Waals surface area contributed by atoms with Crippen LogP contribution in [0.4, 0.5) is 4.79 Å². The number of carboxylic acid groups (broad SMARTS) is 1. The summed E-state index contributed by atoms with van der Waals surface area (Å²) in [6.45, 7) is 0.166. The minimum Gasteiger partial charge on any atom is -0.465 e. The molecule has 2 amide bonds. The SMILES string of the molecule is O=C(O)N1CC2(CCCCC2)n2c(cc3cnc(Cl)nc32)C1=O. The van der Waals surface area contributed by atoms with Crippen LogP contribution in [0.3, 0.4) is 0 Å². The number of amides is 2. The van der Waals surface area contributed by atoms with Gasteiger partial charge in [-0.15, -0.1) is 0 Å². The maximum atomic E-state index is 12.6. The summed E-state index contributed by atoms with van der Waals surface area (Å²) in [7, 11) is 0. The number of hydrogen-bond donors (Lipinski definition) is 1. The second-order valence-corrected chi connectivity index (χ2v) is 6.58. The summed E-state index contributed by atoms with van der Waals surface area (Å²) in [6.07, 6.45) is 5.13. The van der Waals surface area contributed by atoms with E-state index in [1.54, 1.807) is 12.3 Å². The molecule has 0 saturated heterocycles. The number of aromatic nitrogens is 3. The molecule has 7 nitrogen and oxygen atoms in total. The van der Waals surface area contributed by atoms with Crippen LogP contribution in [0, 0.1) is 0 Å². The molecule has 2 aromatic heterocycles. The van der Waals surface area contributed by atoms with Gasteiger partial charge in [0.25, 0.3) is 5.91 Å². The van der Waals surface area contributed by atoms with E-state index in [9.17, 15) is 14.7 Å². The molecule has 1 saturated carbocycles. The van der Waals surface area contributed by atoms with Crippen LogP contribution in [0.1, 0.15) is 42.6 Å². The Kier molecular flexibility index (Phi) is 3.09. The predicted octanol–water partition coefficient (Wildman–Crippen LogP) is 2.88. The number of fused-ring (bicyclic) bond motifs is 4. The van der Waals surface area contributed by atoms with Gasteiger partial charge in [-0.05, 0) is 30.5 Å². The summed E-state index contributed by atoms with van der Waals surface area (Å²) in [5.41, 5.74) is 0.534. The lowest BCUT2D eigenvalue weighted by molar-refractivity contribution is 0.0479. The van der Waals surface area contributed by atoms with E-state index in [1.807, 2.05) is 4.57 Å². The van der Waals surface area contributed by atoms with E-state index in [1.165, 1.54) is 0 Å². The number of carbonyl (C=O) groups excluding carboxylic acids is 1. The fourth-order valence-electron chi connectivity index (χ4n) is 3.93. The first-order valence-corrected chi connectivity index (χ1v) is 7.99. The molecule has 0 aromatic carbocycles. The molecule has 3 heterocycles. The topological polar surface area (TPSA) is 88.3 Å². The highest BCUT2D eigenvalue weighted by molar-refractivity contribution is 6.28. The van der Waals surface area contributed by atoms with Gasteiger partial charge in [0.1, 0.15) is 11.3 Å². The minimum absolute atomic E-state index is 0.123. The van der Waals surface area contributed by atoms with Crippen molar-refractivity contribution in [3.05, 3.63) is 23.2 Å². The van der Waals surface area contributed by atoms with E-state index in [0.717, 1.165) is 37.0 Å². The van der Waals surface area contributed by atoms with Crippen molar-refractivity contribution in [2.24, 2.45) is 0 Å². The van der Waals surface area contributed by atoms with Crippen molar-refractivity contribution in [3.63, 3.8) is 0 Å². The van der Waals surface area contributed by atoms with Crippen LogP contribution in [-0.2, 0) is 5.54 Å². The molecule has 0 bridgehead atoms. The Bertz CT molecular complexity index is 825. The molecule has 1 aliphatic carbocycles. The lowest BCUT2D eigenvalue weighted by atomic mass is 9.79. The largest absolute Gasteiger partial charge is 0.465 e. The second-order valence-electron chi connectivity index (χ2n) is 6.24. The van der Waals surface area contributed by atoms with Gasteiger partial charge in [-0.2, -0.15) is 4.98 Å². The number of rotatable bonds is 0. The van der Waals surface area contributed by atoms with E-state index in [2.05, 4.69) is 9.97 Å². The fraction of sp³-hybridized carbons (Fsp3) is 0.467. The summed E-state index contributed by atoms with van der Waals surface area (Å²) in [4.78, 5) is 33.3. The molecule has 1 aliphatic heterocycles. The van der Waals surface area contributed by atoms with E-state index in [4.69, 9.17) is 11.6 Å². The number of imide groups is 1. The lowest BCUT2D eigenvalue weighted by Crippen LogP contribution is -2.55. The summed E-state index contributed by atoms with van der Waals surface area (Å²) in [5, 5.41) is 10.2. The third-order valence-electron chi connectivity index (χ3n) is 4.92. The van der Waals surface area contributed by atoms with Crippen molar-refractivity contribution in [1.82, 2.24) is 19.4 Å². The van der Waals surface area contributed by atoms with Crippen LogP contribution in [0.25, 0.3) is 11.0 Å². The van der Waals surface area contributed by atoms with Gasteiger partial charge < -0.3 is 9.67 Å². The molecule has 0 unspecified atom stereocenters. The van der Waals surface area contributed by atoms with Crippen LogP contribution < -0.4 is 0 Å². The Morgan fingerprint density at radius 2 is 2.04 bits per heavy atom. The molecule has 0 atom stereocenters. The predicted molar refractivity (Wildman–Crippen MR) is 82.7 cm³/mol. The molecule has 1 N–H and O–H groups in total. The van der Waals surface area contributed by atoms with Gasteiger partial charge in [-0.1, -0.05) is 19.3 Å². The minimum atomic E-state index is -1.21. The van der Waals surface area contributed by atoms with Crippen LogP contribution >= 0.6 is 11.6 Å². The van der Waals surface area contributed by atoms with E-state index in [-0.39, 0.29) is 11.8 Å². The summed E-state index contributed by atoms with van der Waals surface area (Å²) in [6, 6.07) is 1.67. The average molecular weight is 335 g/mol. The Morgan fingerprint density at radius 1 is 1.30 bits per heavy atom. The Labute approximate surface area is 136 Å². The van der Waals surface area contributed by atoms with Crippen LogP contribution in [0.2, 0.25) is 5.28 Å². The Balaban J connectivity index is 2.00. The normalized spacial score (nSPS) is 20.0. The molecule has 2 aromatic rings. The van der Waals surface area contributed by atoms with Gasteiger partial charge in [0.05, 0.1) is 12.1 Å². The molecule has 23 heavy (non-hydrogen) atoms. The van der Waals surface area contributed by atoms with Crippen LogP contribution in [-0.4, -0.2) is 43.1 Å². The number of halogens is 1. The first-order valence-electron chi connectivity index (χ1n) is 7.61. The smallest absolute Gasteiger partial charge is 0.414 e.